The number of nitrogens with one attached hydrogen (secondary N) is 1. The van der Waals surface area contributed by atoms with Crippen LogP contribution in [0.2, 0.25) is 0 Å². The molecule has 0 saturated heterocycles. The van der Waals surface area contributed by atoms with Crippen LogP contribution in [0, 0.1) is 0 Å². The fourth-order valence-corrected chi connectivity index (χ4v) is 1.74. The third-order valence-electron chi connectivity index (χ3n) is 2.62. The van der Waals surface area contributed by atoms with Crippen molar-refractivity contribution in [3.63, 3.8) is 0 Å². The molecule has 0 radical (unpaired) electrons. The smallest absolute Gasteiger partial charge is 0.162 e. The standard InChI is InChI=1S/C15H25NO2/c1-5-6-7-10-18-14-9-8-13(16-12(2)3)11-15(14)17-4/h8-9,11-12,16H,5-7,10H2,1-4H3. The highest BCUT2D eigenvalue weighted by atomic mass is 16.5. The zero-order valence-corrected chi connectivity index (χ0v) is 12.0. The highest BCUT2D eigenvalue weighted by Gasteiger charge is 2.06. The molecule has 0 amide bonds. The average molecular weight is 251 g/mol. The first-order chi connectivity index (χ1) is 8.67. The highest BCUT2D eigenvalue weighted by Crippen LogP contribution is 2.30. The zero-order chi connectivity index (χ0) is 13.4. The molecule has 1 aromatic carbocycles. The van der Waals surface area contributed by atoms with Crippen LogP contribution in [0.15, 0.2) is 18.2 Å². The van der Waals surface area contributed by atoms with Crippen LogP contribution in [0.3, 0.4) is 0 Å². The van der Waals surface area contributed by atoms with E-state index in [4.69, 9.17) is 9.47 Å². The molecule has 0 heterocycles. The van der Waals surface area contributed by atoms with Gasteiger partial charge in [-0.25, -0.2) is 0 Å². The molecule has 0 aliphatic rings. The summed E-state index contributed by atoms with van der Waals surface area (Å²) < 4.78 is 11.1. The molecule has 1 aromatic rings. The maximum Gasteiger partial charge on any atom is 0.162 e. The van der Waals surface area contributed by atoms with E-state index in [0.717, 1.165) is 30.2 Å². The number of anilines is 1. The Bertz CT molecular complexity index is 350. The lowest BCUT2D eigenvalue weighted by Crippen LogP contribution is -2.09. The lowest BCUT2D eigenvalue weighted by Gasteiger charge is -2.14. The van der Waals surface area contributed by atoms with Gasteiger partial charge < -0.3 is 14.8 Å². The monoisotopic (exact) mass is 251 g/mol. The Hall–Kier alpha value is -1.38. The SMILES string of the molecule is CCCCCOc1ccc(NC(C)C)cc1OC. The second-order valence-corrected chi connectivity index (χ2v) is 4.72. The Morgan fingerprint density at radius 1 is 1.17 bits per heavy atom. The third-order valence-corrected chi connectivity index (χ3v) is 2.62. The van der Waals surface area contributed by atoms with Crippen molar-refractivity contribution in [2.45, 2.75) is 46.1 Å². The number of ether oxygens (including phenoxy) is 2. The molecular weight excluding hydrogens is 226 g/mol. The van der Waals surface area contributed by atoms with Gasteiger partial charge in [0.1, 0.15) is 0 Å². The van der Waals surface area contributed by atoms with Gasteiger partial charge in [-0.2, -0.15) is 0 Å². The predicted octanol–water partition coefficient (Wildman–Crippen LogP) is 4.08. The summed E-state index contributed by atoms with van der Waals surface area (Å²) >= 11 is 0. The molecule has 18 heavy (non-hydrogen) atoms. The minimum Gasteiger partial charge on any atom is -0.493 e. The Morgan fingerprint density at radius 2 is 1.94 bits per heavy atom. The Kier molecular flexibility index (Phi) is 6.40. The molecule has 102 valence electrons. The second-order valence-electron chi connectivity index (χ2n) is 4.72. The number of hydrogen-bond acceptors (Lipinski definition) is 3. The summed E-state index contributed by atoms with van der Waals surface area (Å²) in [6, 6.07) is 6.38. The van der Waals surface area contributed by atoms with E-state index < -0.39 is 0 Å². The van der Waals surface area contributed by atoms with E-state index >= 15 is 0 Å². The van der Waals surface area contributed by atoms with Gasteiger partial charge in [0, 0.05) is 17.8 Å². The molecule has 0 bridgehead atoms. The molecule has 0 aliphatic carbocycles. The molecule has 3 heteroatoms. The average Bonchev–Trinajstić information content (AvgIpc) is 2.35. The first kappa shape index (κ1) is 14.7. The van der Waals surface area contributed by atoms with Crippen molar-refractivity contribution in [2.24, 2.45) is 0 Å². The van der Waals surface area contributed by atoms with Gasteiger partial charge in [0.05, 0.1) is 13.7 Å². The van der Waals surface area contributed by atoms with Crippen LogP contribution in [0.1, 0.15) is 40.0 Å². The fourth-order valence-electron chi connectivity index (χ4n) is 1.74. The minimum absolute atomic E-state index is 0.408. The van der Waals surface area contributed by atoms with Crippen molar-refractivity contribution in [2.75, 3.05) is 19.0 Å². The molecule has 1 N–H and O–H groups in total. The van der Waals surface area contributed by atoms with Crippen molar-refractivity contribution >= 4 is 5.69 Å². The van der Waals surface area contributed by atoms with Crippen LogP contribution >= 0.6 is 0 Å². The maximum atomic E-state index is 5.74. The van der Waals surface area contributed by atoms with Gasteiger partial charge in [-0.15, -0.1) is 0 Å². The highest BCUT2D eigenvalue weighted by molar-refractivity contribution is 5.55. The van der Waals surface area contributed by atoms with Crippen LogP contribution in [-0.2, 0) is 0 Å². The van der Waals surface area contributed by atoms with Gasteiger partial charge in [-0.1, -0.05) is 19.8 Å². The first-order valence-electron chi connectivity index (χ1n) is 6.74. The summed E-state index contributed by atoms with van der Waals surface area (Å²) in [5, 5.41) is 3.35. The van der Waals surface area contributed by atoms with E-state index in [1.807, 2.05) is 18.2 Å². The van der Waals surface area contributed by atoms with Crippen molar-refractivity contribution in [3.05, 3.63) is 18.2 Å². The third kappa shape index (κ3) is 4.86. The van der Waals surface area contributed by atoms with Gasteiger partial charge in [0.15, 0.2) is 11.5 Å². The van der Waals surface area contributed by atoms with Gasteiger partial charge >= 0.3 is 0 Å². The lowest BCUT2D eigenvalue weighted by atomic mass is 10.2. The number of benzene rings is 1. The molecule has 0 atom stereocenters. The van der Waals surface area contributed by atoms with Crippen LogP contribution in [0.25, 0.3) is 0 Å². The molecular formula is C15H25NO2. The summed E-state index contributed by atoms with van der Waals surface area (Å²) in [7, 11) is 1.67. The Morgan fingerprint density at radius 3 is 2.56 bits per heavy atom. The van der Waals surface area contributed by atoms with Crippen LogP contribution < -0.4 is 14.8 Å². The summed E-state index contributed by atoms with van der Waals surface area (Å²) in [5.41, 5.74) is 1.06. The molecule has 0 saturated carbocycles. The van der Waals surface area contributed by atoms with Gasteiger partial charge in [-0.3, -0.25) is 0 Å². The minimum atomic E-state index is 0.408. The Labute approximate surface area is 110 Å². The molecule has 0 aliphatic heterocycles. The molecule has 3 nitrogen and oxygen atoms in total. The zero-order valence-electron chi connectivity index (χ0n) is 12.0. The number of hydrogen-bond donors (Lipinski definition) is 1. The van der Waals surface area contributed by atoms with Crippen molar-refractivity contribution in [1.29, 1.82) is 0 Å². The van der Waals surface area contributed by atoms with E-state index in [1.54, 1.807) is 7.11 Å². The van der Waals surface area contributed by atoms with Crippen molar-refractivity contribution < 1.29 is 9.47 Å². The molecule has 0 fully saturated rings. The lowest BCUT2D eigenvalue weighted by molar-refractivity contribution is 0.286. The van der Waals surface area contributed by atoms with Gasteiger partial charge in [-0.05, 0) is 32.4 Å². The normalized spacial score (nSPS) is 10.5. The number of rotatable bonds is 8. The summed E-state index contributed by atoms with van der Waals surface area (Å²) in [4.78, 5) is 0. The van der Waals surface area contributed by atoms with Crippen LogP contribution in [0.5, 0.6) is 11.5 Å². The number of methoxy groups -OCH3 is 1. The summed E-state index contributed by atoms with van der Waals surface area (Å²) in [5.74, 6) is 1.61. The van der Waals surface area contributed by atoms with E-state index in [1.165, 1.54) is 12.8 Å². The van der Waals surface area contributed by atoms with Crippen molar-refractivity contribution in [1.82, 2.24) is 0 Å². The van der Waals surface area contributed by atoms with E-state index in [-0.39, 0.29) is 0 Å². The summed E-state index contributed by atoms with van der Waals surface area (Å²) in [6.07, 6.45) is 3.50. The topological polar surface area (TPSA) is 30.5 Å². The maximum absolute atomic E-state index is 5.74. The molecule has 0 spiro atoms. The molecule has 0 unspecified atom stereocenters. The first-order valence-corrected chi connectivity index (χ1v) is 6.74. The van der Waals surface area contributed by atoms with Crippen molar-refractivity contribution in [3.8, 4) is 11.5 Å². The van der Waals surface area contributed by atoms with Gasteiger partial charge in [0.25, 0.3) is 0 Å². The van der Waals surface area contributed by atoms with Gasteiger partial charge in [0.2, 0.25) is 0 Å². The molecule has 1 rings (SSSR count). The van der Waals surface area contributed by atoms with Crippen LogP contribution in [0.4, 0.5) is 5.69 Å². The fraction of sp³-hybridized carbons (Fsp3) is 0.600. The summed E-state index contributed by atoms with van der Waals surface area (Å²) in [6.45, 7) is 7.16. The Balaban J connectivity index is 2.62. The van der Waals surface area contributed by atoms with E-state index in [2.05, 4.69) is 26.1 Å². The second kappa shape index (κ2) is 7.85. The van der Waals surface area contributed by atoms with Crippen LogP contribution in [-0.4, -0.2) is 19.8 Å². The molecule has 0 aromatic heterocycles. The van der Waals surface area contributed by atoms with E-state index in [9.17, 15) is 0 Å². The predicted molar refractivity (Wildman–Crippen MR) is 76.8 cm³/mol. The largest absolute Gasteiger partial charge is 0.493 e. The number of unbranched alkanes of at least 4 members (excludes halogenated alkanes) is 2. The van der Waals surface area contributed by atoms with E-state index in [0.29, 0.717) is 6.04 Å². The quantitative estimate of drug-likeness (QED) is 0.706.